The molecule has 0 aromatic carbocycles. The molecule has 3 unspecified atom stereocenters. The van der Waals surface area contributed by atoms with Crippen molar-refractivity contribution >= 4 is 0 Å². The Hall–Kier alpha value is -0.160. The second-order valence-corrected chi connectivity index (χ2v) is 7.80. The van der Waals surface area contributed by atoms with Gasteiger partial charge in [0.2, 0.25) is 0 Å². The lowest BCUT2D eigenvalue weighted by atomic mass is 10.1. The molecule has 0 aliphatic carbocycles. The van der Waals surface area contributed by atoms with Gasteiger partial charge in [0.05, 0.1) is 18.3 Å². The van der Waals surface area contributed by atoms with Crippen LogP contribution in [0, 0.1) is 0 Å². The van der Waals surface area contributed by atoms with Crippen LogP contribution in [0.1, 0.15) is 52.9 Å². The Balaban J connectivity index is 1.62. The standard InChI is InChI=1S/C17H34N2O2/c1-17(2,3)18-11-14-8-9-16(21-14)13-19(4)12-15-7-5-6-10-20-15/h14-16,18H,5-13H2,1-4H3. The number of hydrogen-bond acceptors (Lipinski definition) is 4. The van der Waals surface area contributed by atoms with Gasteiger partial charge < -0.3 is 19.7 Å². The maximum absolute atomic E-state index is 6.17. The predicted molar refractivity (Wildman–Crippen MR) is 86.7 cm³/mol. The summed E-state index contributed by atoms with van der Waals surface area (Å²) in [6.07, 6.45) is 7.34. The maximum atomic E-state index is 6.17. The van der Waals surface area contributed by atoms with E-state index in [1.807, 2.05) is 0 Å². The van der Waals surface area contributed by atoms with Crippen molar-refractivity contribution in [1.82, 2.24) is 10.2 Å². The van der Waals surface area contributed by atoms with Crippen molar-refractivity contribution in [3.8, 4) is 0 Å². The Bertz CT molecular complexity index is 298. The first-order valence-corrected chi connectivity index (χ1v) is 8.63. The van der Waals surface area contributed by atoms with E-state index in [0.29, 0.717) is 18.3 Å². The molecule has 2 rings (SSSR count). The average Bonchev–Trinajstić information content (AvgIpc) is 2.84. The largest absolute Gasteiger partial charge is 0.377 e. The Labute approximate surface area is 130 Å². The molecule has 2 saturated heterocycles. The molecule has 2 fully saturated rings. The van der Waals surface area contributed by atoms with Gasteiger partial charge in [-0.1, -0.05) is 0 Å². The Morgan fingerprint density at radius 2 is 1.71 bits per heavy atom. The van der Waals surface area contributed by atoms with E-state index in [1.165, 1.54) is 32.1 Å². The van der Waals surface area contributed by atoms with E-state index in [-0.39, 0.29) is 5.54 Å². The van der Waals surface area contributed by atoms with E-state index in [1.54, 1.807) is 0 Å². The summed E-state index contributed by atoms with van der Waals surface area (Å²) in [6.45, 7) is 10.6. The van der Waals surface area contributed by atoms with Crippen molar-refractivity contribution < 1.29 is 9.47 Å². The van der Waals surface area contributed by atoms with Crippen molar-refractivity contribution in [2.75, 3.05) is 33.3 Å². The van der Waals surface area contributed by atoms with Gasteiger partial charge in [-0.15, -0.1) is 0 Å². The van der Waals surface area contributed by atoms with Gasteiger partial charge in [-0.3, -0.25) is 0 Å². The minimum Gasteiger partial charge on any atom is -0.377 e. The fraction of sp³-hybridized carbons (Fsp3) is 1.00. The molecule has 0 aromatic rings. The smallest absolute Gasteiger partial charge is 0.0707 e. The Morgan fingerprint density at radius 1 is 1.00 bits per heavy atom. The molecule has 124 valence electrons. The van der Waals surface area contributed by atoms with Crippen LogP contribution >= 0.6 is 0 Å². The third kappa shape index (κ3) is 6.64. The fourth-order valence-electron chi connectivity index (χ4n) is 3.21. The SMILES string of the molecule is CN(CC1CCCCO1)CC1CCC(CNC(C)(C)C)O1. The van der Waals surface area contributed by atoms with Crippen LogP contribution in [0.3, 0.4) is 0 Å². The third-order valence-electron chi connectivity index (χ3n) is 4.36. The molecule has 1 N–H and O–H groups in total. The topological polar surface area (TPSA) is 33.7 Å². The summed E-state index contributed by atoms with van der Waals surface area (Å²) in [5, 5.41) is 3.54. The van der Waals surface area contributed by atoms with Crippen LogP contribution in [0.25, 0.3) is 0 Å². The zero-order valence-corrected chi connectivity index (χ0v) is 14.4. The molecule has 0 bridgehead atoms. The van der Waals surface area contributed by atoms with E-state index >= 15 is 0 Å². The van der Waals surface area contributed by atoms with Crippen LogP contribution in [-0.2, 0) is 9.47 Å². The molecule has 0 radical (unpaired) electrons. The lowest BCUT2D eigenvalue weighted by Crippen LogP contribution is -2.41. The summed E-state index contributed by atoms with van der Waals surface area (Å²) in [6, 6.07) is 0. The highest BCUT2D eigenvalue weighted by molar-refractivity contribution is 4.81. The van der Waals surface area contributed by atoms with Gasteiger partial charge in [-0.05, 0) is 59.9 Å². The van der Waals surface area contributed by atoms with E-state index in [2.05, 4.69) is 38.0 Å². The van der Waals surface area contributed by atoms with Gasteiger partial charge in [0, 0.05) is 31.8 Å². The lowest BCUT2D eigenvalue weighted by molar-refractivity contribution is -0.0172. The number of rotatable bonds is 6. The number of ether oxygens (including phenoxy) is 2. The van der Waals surface area contributed by atoms with Gasteiger partial charge in [0.25, 0.3) is 0 Å². The van der Waals surface area contributed by atoms with Crippen molar-refractivity contribution in [3.63, 3.8) is 0 Å². The molecule has 2 aliphatic heterocycles. The van der Waals surface area contributed by atoms with Gasteiger partial charge in [0.1, 0.15) is 0 Å². The summed E-state index contributed by atoms with van der Waals surface area (Å²) in [5.41, 5.74) is 0.177. The minimum absolute atomic E-state index is 0.177. The molecule has 0 saturated carbocycles. The first-order chi connectivity index (χ1) is 9.92. The second-order valence-electron chi connectivity index (χ2n) is 7.80. The van der Waals surface area contributed by atoms with Gasteiger partial charge in [-0.2, -0.15) is 0 Å². The third-order valence-corrected chi connectivity index (χ3v) is 4.36. The van der Waals surface area contributed by atoms with Gasteiger partial charge in [0.15, 0.2) is 0 Å². The van der Waals surface area contributed by atoms with E-state index < -0.39 is 0 Å². The number of nitrogens with zero attached hydrogens (tertiary/aromatic N) is 1. The molecule has 2 heterocycles. The van der Waals surface area contributed by atoms with E-state index in [4.69, 9.17) is 9.47 Å². The Morgan fingerprint density at radius 3 is 2.38 bits per heavy atom. The number of likely N-dealkylation sites (N-methyl/N-ethyl adjacent to an activating group) is 1. The van der Waals surface area contributed by atoms with Crippen LogP contribution in [0.5, 0.6) is 0 Å². The molecule has 2 aliphatic rings. The summed E-state index contributed by atoms with van der Waals surface area (Å²) in [4.78, 5) is 2.39. The zero-order valence-electron chi connectivity index (χ0n) is 14.4. The van der Waals surface area contributed by atoms with Crippen molar-refractivity contribution in [2.45, 2.75) is 76.7 Å². The van der Waals surface area contributed by atoms with E-state index in [9.17, 15) is 0 Å². The van der Waals surface area contributed by atoms with Crippen molar-refractivity contribution in [3.05, 3.63) is 0 Å². The first-order valence-electron chi connectivity index (χ1n) is 8.63. The van der Waals surface area contributed by atoms with E-state index in [0.717, 1.165) is 26.2 Å². The lowest BCUT2D eigenvalue weighted by Gasteiger charge is -2.29. The van der Waals surface area contributed by atoms with Crippen LogP contribution < -0.4 is 5.32 Å². The molecule has 3 atom stereocenters. The van der Waals surface area contributed by atoms with Crippen LogP contribution in [0.4, 0.5) is 0 Å². The Kier molecular flexibility index (Phi) is 6.48. The zero-order chi connectivity index (χ0) is 15.3. The quantitative estimate of drug-likeness (QED) is 0.816. The average molecular weight is 298 g/mol. The monoisotopic (exact) mass is 298 g/mol. The second kappa shape index (κ2) is 7.91. The first kappa shape index (κ1) is 17.2. The summed E-state index contributed by atoms with van der Waals surface area (Å²) < 4.78 is 12.0. The molecule has 0 spiro atoms. The fourth-order valence-corrected chi connectivity index (χ4v) is 3.21. The van der Waals surface area contributed by atoms with Crippen molar-refractivity contribution in [2.24, 2.45) is 0 Å². The molecule has 0 amide bonds. The van der Waals surface area contributed by atoms with Crippen LogP contribution in [0.2, 0.25) is 0 Å². The molecule has 21 heavy (non-hydrogen) atoms. The maximum Gasteiger partial charge on any atom is 0.0707 e. The van der Waals surface area contributed by atoms with Crippen molar-refractivity contribution in [1.29, 1.82) is 0 Å². The number of hydrogen-bond donors (Lipinski definition) is 1. The highest BCUT2D eigenvalue weighted by Crippen LogP contribution is 2.21. The van der Waals surface area contributed by atoms with Crippen LogP contribution in [0.15, 0.2) is 0 Å². The van der Waals surface area contributed by atoms with Gasteiger partial charge >= 0.3 is 0 Å². The molecule has 0 aromatic heterocycles. The predicted octanol–water partition coefficient (Wildman–Crippen LogP) is 2.42. The molecule has 4 nitrogen and oxygen atoms in total. The highest BCUT2D eigenvalue weighted by Gasteiger charge is 2.27. The highest BCUT2D eigenvalue weighted by atomic mass is 16.5. The summed E-state index contributed by atoms with van der Waals surface area (Å²) in [5.74, 6) is 0. The van der Waals surface area contributed by atoms with Gasteiger partial charge in [-0.25, -0.2) is 0 Å². The normalized spacial score (nSPS) is 31.0. The molecular formula is C17H34N2O2. The molecular weight excluding hydrogens is 264 g/mol. The minimum atomic E-state index is 0.177. The molecule has 4 heteroatoms. The van der Waals surface area contributed by atoms with Crippen LogP contribution in [-0.4, -0.2) is 62.0 Å². The summed E-state index contributed by atoms with van der Waals surface area (Å²) in [7, 11) is 2.20. The number of nitrogens with one attached hydrogen (secondary N) is 1. The summed E-state index contributed by atoms with van der Waals surface area (Å²) >= 11 is 0.